The lowest BCUT2D eigenvalue weighted by atomic mass is 10.3. The summed E-state index contributed by atoms with van der Waals surface area (Å²) in [4.78, 5) is 14.3. The lowest BCUT2D eigenvalue weighted by Gasteiger charge is -2.33. The number of sulfonamides is 1. The van der Waals surface area contributed by atoms with Crippen LogP contribution in [0.3, 0.4) is 0 Å². The SMILES string of the molecule is COCCS(=O)(=O)N1CCN(CCNC(=O)c2cc3n(n2)CCO3)CC1. The summed E-state index contributed by atoms with van der Waals surface area (Å²) in [6.45, 7) is 4.84. The van der Waals surface area contributed by atoms with Crippen molar-refractivity contribution in [2.24, 2.45) is 0 Å². The lowest BCUT2D eigenvalue weighted by molar-refractivity contribution is 0.0939. The summed E-state index contributed by atoms with van der Waals surface area (Å²) in [6, 6.07) is 1.64. The highest BCUT2D eigenvalue weighted by molar-refractivity contribution is 7.89. The Bertz CT molecular complexity index is 705. The van der Waals surface area contributed by atoms with Gasteiger partial charge in [0.2, 0.25) is 15.9 Å². The Morgan fingerprint density at radius 2 is 2.08 bits per heavy atom. The van der Waals surface area contributed by atoms with Crippen LogP contribution in [-0.4, -0.2) is 98.7 Å². The van der Waals surface area contributed by atoms with E-state index in [9.17, 15) is 13.2 Å². The standard InChI is InChI=1S/C15H25N5O5S/c1-24-10-11-26(22,23)19-6-4-18(5-7-19)3-2-16-15(21)13-12-14-20(17-13)8-9-25-14/h12H,2-11H2,1H3,(H,16,21). The molecule has 0 unspecified atom stereocenters. The number of hydrogen-bond donors (Lipinski definition) is 1. The van der Waals surface area contributed by atoms with Gasteiger partial charge in [-0.15, -0.1) is 0 Å². The van der Waals surface area contributed by atoms with Gasteiger partial charge in [0.05, 0.1) is 18.9 Å². The average Bonchev–Trinajstić information content (AvgIpc) is 3.22. The zero-order chi connectivity index (χ0) is 18.6. The van der Waals surface area contributed by atoms with Crippen LogP contribution >= 0.6 is 0 Å². The first-order valence-corrected chi connectivity index (χ1v) is 10.3. The van der Waals surface area contributed by atoms with E-state index < -0.39 is 10.0 Å². The van der Waals surface area contributed by atoms with Crippen molar-refractivity contribution in [3.8, 4) is 5.88 Å². The molecule has 1 aromatic rings. The Kier molecular flexibility index (Phi) is 6.12. The largest absolute Gasteiger partial charge is 0.476 e. The predicted octanol–water partition coefficient (Wildman–Crippen LogP) is -1.40. The van der Waals surface area contributed by atoms with Crippen molar-refractivity contribution in [1.82, 2.24) is 24.3 Å². The van der Waals surface area contributed by atoms with Crippen LogP contribution in [0.1, 0.15) is 10.5 Å². The topological polar surface area (TPSA) is 106 Å². The molecule has 0 aromatic carbocycles. The Balaban J connectivity index is 1.38. The molecule has 0 atom stereocenters. The molecular weight excluding hydrogens is 362 g/mol. The van der Waals surface area contributed by atoms with Crippen LogP contribution in [0.15, 0.2) is 6.07 Å². The first kappa shape index (κ1) is 19.1. The molecule has 0 radical (unpaired) electrons. The number of carbonyl (C=O) groups is 1. The fourth-order valence-electron chi connectivity index (χ4n) is 2.99. The number of ether oxygens (including phenoxy) is 2. The number of carbonyl (C=O) groups excluding carboxylic acids is 1. The first-order valence-electron chi connectivity index (χ1n) is 8.67. The molecule has 1 amide bonds. The second-order valence-corrected chi connectivity index (χ2v) is 8.33. The molecule has 3 rings (SSSR count). The van der Waals surface area contributed by atoms with E-state index >= 15 is 0 Å². The number of rotatable bonds is 8. The van der Waals surface area contributed by atoms with Crippen molar-refractivity contribution in [2.45, 2.75) is 6.54 Å². The fourth-order valence-corrected chi connectivity index (χ4v) is 4.35. The van der Waals surface area contributed by atoms with Gasteiger partial charge in [-0.05, 0) is 0 Å². The summed E-state index contributed by atoms with van der Waals surface area (Å²) < 4.78 is 37.6. The van der Waals surface area contributed by atoms with Gasteiger partial charge < -0.3 is 14.8 Å². The van der Waals surface area contributed by atoms with Gasteiger partial charge in [-0.3, -0.25) is 9.69 Å². The smallest absolute Gasteiger partial charge is 0.271 e. The maximum Gasteiger partial charge on any atom is 0.271 e. The molecule has 1 fully saturated rings. The molecule has 0 spiro atoms. The van der Waals surface area contributed by atoms with Crippen molar-refractivity contribution in [2.75, 3.05) is 65.3 Å². The van der Waals surface area contributed by atoms with Gasteiger partial charge in [-0.2, -0.15) is 9.40 Å². The molecule has 2 aliphatic heterocycles. The first-order chi connectivity index (χ1) is 12.5. The third-order valence-corrected chi connectivity index (χ3v) is 6.35. The number of piperazine rings is 1. The normalized spacial score (nSPS) is 18.5. The molecule has 26 heavy (non-hydrogen) atoms. The molecule has 1 N–H and O–H groups in total. The molecule has 2 aliphatic rings. The zero-order valence-corrected chi connectivity index (χ0v) is 15.7. The van der Waals surface area contributed by atoms with Gasteiger partial charge >= 0.3 is 0 Å². The lowest BCUT2D eigenvalue weighted by Crippen LogP contribution is -2.50. The monoisotopic (exact) mass is 387 g/mol. The number of fused-ring (bicyclic) bond motifs is 1. The number of aromatic nitrogens is 2. The quantitative estimate of drug-likeness (QED) is 0.585. The van der Waals surface area contributed by atoms with E-state index in [4.69, 9.17) is 9.47 Å². The van der Waals surface area contributed by atoms with Crippen LogP contribution in [0.25, 0.3) is 0 Å². The number of hydrogen-bond acceptors (Lipinski definition) is 7. The maximum absolute atomic E-state index is 12.1. The summed E-state index contributed by atoms with van der Waals surface area (Å²) >= 11 is 0. The summed E-state index contributed by atoms with van der Waals surface area (Å²) in [5.74, 6) is 0.412. The average molecular weight is 387 g/mol. The van der Waals surface area contributed by atoms with Crippen molar-refractivity contribution < 1.29 is 22.7 Å². The van der Waals surface area contributed by atoms with Crippen LogP contribution < -0.4 is 10.1 Å². The molecule has 10 nitrogen and oxygen atoms in total. The Labute approximate surface area is 153 Å². The van der Waals surface area contributed by atoms with Gasteiger partial charge in [0.1, 0.15) is 6.61 Å². The Morgan fingerprint density at radius 3 is 2.77 bits per heavy atom. The number of nitrogens with zero attached hydrogens (tertiary/aromatic N) is 4. The minimum atomic E-state index is -3.25. The zero-order valence-electron chi connectivity index (χ0n) is 14.9. The van der Waals surface area contributed by atoms with Gasteiger partial charge in [0.15, 0.2) is 5.69 Å². The van der Waals surface area contributed by atoms with Gasteiger partial charge in [0, 0.05) is 52.4 Å². The molecule has 3 heterocycles. The summed E-state index contributed by atoms with van der Waals surface area (Å²) in [7, 11) is -1.76. The van der Waals surface area contributed by atoms with Crippen molar-refractivity contribution in [3.63, 3.8) is 0 Å². The highest BCUT2D eigenvalue weighted by Gasteiger charge is 2.26. The van der Waals surface area contributed by atoms with Crippen molar-refractivity contribution in [3.05, 3.63) is 11.8 Å². The summed E-state index contributed by atoms with van der Waals surface area (Å²) in [5.41, 5.74) is 0.355. The van der Waals surface area contributed by atoms with Crippen LogP contribution in [0.4, 0.5) is 0 Å². The number of nitrogens with one attached hydrogen (secondary N) is 1. The highest BCUT2D eigenvalue weighted by atomic mass is 32.2. The van der Waals surface area contributed by atoms with E-state index in [0.717, 1.165) is 0 Å². The van der Waals surface area contributed by atoms with Gasteiger partial charge in [-0.25, -0.2) is 13.1 Å². The summed E-state index contributed by atoms with van der Waals surface area (Å²) in [6.07, 6.45) is 0. The van der Waals surface area contributed by atoms with Crippen molar-refractivity contribution >= 4 is 15.9 Å². The fraction of sp³-hybridized carbons (Fsp3) is 0.733. The van der Waals surface area contributed by atoms with Crippen LogP contribution in [0.2, 0.25) is 0 Å². The van der Waals surface area contributed by atoms with Gasteiger partial charge in [-0.1, -0.05) is 0 Å². The van der Waals surface area contributed by atoms with Crippen LogP contribution in [0, 0.1) is 0 Å². The molecule has 0 bridgehead atoms. The van der Waals surface area contributed by atoms with E-state index in [1.54, 1.807) is 10.7 Å². The Morgan fingerprint density at radius 1 is 1.31 bits per heavy atom. The highest BCUT2D eigenvalue weighted by Crippen LogP contribution is 2.18. The molecule has 1 aromatic heterocycles. The van der Waals surface area contributed by atoms with Crippen LogP contribution in [-0.2, 0) is 21.3 Å². The molecule has 146 valence electrons. The van der Waals surface area contributed by atoms with Gasteiger partial charge in [0.25, 0.3) is 5.91 Å². The maximum atomic E-state index is 12.1. The van der Waals surface area contributed by atoms with E-state index in [1.807, 2.05) is 0 Å². The third-order valence-electron chi connectivity index (χ3n) is 4.51. The van der Waals surface area contributed by atoms with E-state index in [1.165, 1.54) is 11.4 Å². The minimum Gasteiger partial charge on any atom is -0.476 e. The van der Waals surface area contributed by atoms with Crippen LogP contribution in [0.5, 0.6) is 5.88 Å². The molecule has 0 aliphatic carbocycles. The number of amides is 1. The van der Waals surface area contributed by atoms with E-state index in [0.29, 0.717) is 64.0 Å². The number of methoxy groups -OCH3 is 1. The molecular formula is C15H25N5O5S. The molecule has 1 saturated heterocycles. The predicted molar refractivity (Wildman–Crippen MR) is 93.7 cm³/mol. The van der Waals surface area contributed by atoms with Crippen molar-refractivity contribution in [1.29, 1.82) is 0 Å². The molecule has 0 saturated carbocycles. The second-order valence-electron chi connectivity index (χ2n) is 6.24. The second kappa shape index (κ2) is 8.33. The third kappa shape index (κ3) is 4.53. The van der Waals surface area contributed by atoms with E-state index in [-0.39, 0.29) is 18.3 Å². The molecule has 11 heteroatoms. The minimum absolute atomic E-state index is 0.0118. The Hall–Kier alpha value is -1.69. The van der Waals surface area contributed by atoms with E-state index in [2.05, 4.69) is 15.3 Å². The summed E-state index contributed by atoms with van der Waals surface area (Å²) in [5, 5.41) is 7.04.